The van der Waals surface area contributed by atoms with E-state index in [9.17, 15) is 13.2 Å². The number of carboxylic acid groups (broad SMARTS) is 1. The van der Waals surface area contributed by atoms with Crippen molar-refractivity contribution in [1.82, 2.24) is 0 Å². The molecule has 2 rings (SSSR count). The van der Waals surface area contributed by atoms with Crippen LogP contribution in [0.4, 0.5) is 0 Å². The first kappa shape index (κ1) is 16.9. The summed E-state index contributed by atoms with van der Waals surface area (Å²) in [6.07, 6.45) is 0. The van der Waals surface area contributed by atoms with Gasteiger partial charge in [0.1, 0.15) is 0 Å². The molecule has 0 fully saturated rings. The number of sulfonamides is 1. The molecule has 0 saturated carbocycles. The minimum absolute atomic E-state index is 0.148. The van der Waals surface area contributed by atoms with E-state index in [0.29, 0.717) is 5.56 Å². The predicted molar refractivity (Wildman–Crippen MR) is 80.7 cm³/mol. The van der Waals surface area contributed by atoms with Crippen LogP contribution in [-0.2, 0) is 10.0 Å². The molecule has 0 saturated heterocycles. The standard InChI is InChI=1S/C9H10O2.C6H7NO2S/c1-6-4-3-5-8(7(6)2)9(10)11;7-10(8,9)6-4-2-1-3-5-6/h3-5H,1-2H3,(H,10,11);1-5H,(H2,7,8,9). The summed E-state index contributed by atoms with van der Waals surface area (Å²) in [6, 6.07) is 13.2. The highest BCUT2D eigenvalue weighted by molar-refractivity contribution is 7.89. The molecule has 0 aliphatic rings. The molecule has 6 heteroatoms. The summed E-state index contributed by atoms with van der Waals surface area (Å²) < 4.78 is 21.2. The number of carboxylic acids is 1. The molecular formula is C15H17NO4S. The van der Waals surface area contributed by atoms with Crippen molar-refractivity contribution < 1.29 is 18.3 Å². The Morgan fingerprint density at radius 3 is 1.95 bits per heavy atom. The molecule has 2 aromatic carbocycles. The SMILES string of the molecule is Cc1cccc(C(=O)O)c1C.NS(=O)(=O)c1ccccc1. The number of aryl methyl sites for hydroxylation is 1. The molecule has 0 unspecified atom stereocenters. The van der Waals surface area contributed by atoms with Crippen LogP contribution in [0, 0.1) is 13.8 Å². The van der Waals surface area contributed by atoms with Crippen LogP contribution in [-0.4, -0.2) is 19.5 Å². The highest BCUT2D eigenvalue weighted by Gasteiger charge is 2.06. The molecular weight excluding hydrogens is 290 g/mol. The van der Waals surface area contributed by atoms with E-state index < -0.39 is 16.0 Å². The Balaban J connectivity index is 0.000000211. The van der Waals surface area contributed by atoms with Crippen molar-refractivity contribution in [2.75, 3.05) is 0 Å². The van der Waals surface area contributed by atoms with Crippen molar-refractivity contribution in [1.29, 1.82) is 0 Å². The zero-order valence-electron chi connectivity index (χ0n) is 11.8. The maximum absolute atomic E-state index is 10.6. The van der Waals surface area contributed by atoms with Crippen LogP contribution < -0.4 is 5.14 Å². The first-order valence-electron chi connectivity index (χ1n) is 6.11. The maximum Gasteiger partial charge on any atom is 0.335 e. The van der Waals surface area contributed by atoms with Crippen molar-refractivity contribution in [3.05, 3.63) is 65.2 Å². The Labute approximate surface area is 124 Å². The van der Waals surface area contributed by atoms with Gasteiger partial charge >= 0.3 is 5.97 Å². The number of nitrogens with two attached hydrogens (primary N) is 1. The van der Waals surface area contributed by atoms with E-state index in [2.05, 4.69) is 0 Å². The highest BCUT2D eigenvalue weighted by Crippen LogP contribution is 2.11. The molecule has 0 spiro atoms. The van der Waals surface area contributed by atoms with Crippen LogP contribution in [0.1, 0.15) is 21.5 Å². The minimum Gasteiger partial charge on any atom is -0.478 e. The van der Waals surface area contributed by atoms with Crippen LogP contribution in [0.5, 0.6) is 0 Å². The van der Waals surface area contributed by atoms with E-state index in [-0.39, 0.29) is 4.90 Å². The van der Waals surface area contributed by atoms with Crippen molar-refractivity contribution in [3.63, 3.8) is 0 Å². The van der Waals surface area contributed by atoms with Gasteiger partial charge < -0.3 is 5.11 Å². The minimum atomic E-state index is -3.50. The Morgan fingerprint density at radius 1 is 1.00 bits per heavy atom. The lowest BCUT2D eigenvalue weighted by Crippen LogP contribution is -2.11. The molecule has 0 aliphatic heterocycles. The lowest BCUT2D eigenvalue weighted by Gasteiger charge is -2.02. The molecule has 3 N–H and O–H groups in total. The van der Waals surface area contributed by atoms with Crippen molar-refractivity contribution >= 4 is 16.0 Å². The molecule has 5 nitrogen and oxygen atoms in total. The zero-order chi connectivity index (χ0) is 16.0. The number of aromatic carboxylic acids is 1. The van der Waals surface area contributed by atoms with Gasteiger partial charge in [-0.05, 0) is 43.2 Å². The molecule has 0 aliphatic carbocycles. The molecule has 112 valence electrons. The van der Waals surface area contributed by atoms with Gasteiger partial charge in [0.2, 0.25) is 10.0 Å². The van der Waals surface area contributed by atoms with Gasteiger partial charge in [0.25, 0.3) is 0 Å². The third-order valence-electron chi connectivity index (χ3n) is 2.91. The van der Waals surface area contributed by atoms with Gasteiger partial charge in [0, 0.05) is 0 Å². The zero-order valence-corrected chi connectivity index (χ0v) is 12.6. The second-order valence-corrected chi connectivity index (χ2v) is 5.97. The predicted octanol–water partition coefficient (Wildman–Crippen LogP) is 2.34. The Bertz CT molecular complexity index is 725. The molecule has 21 heavy (non-hydrogen) atoms. The summed E-state index contributed by atoms with van der Waals surface area (Å²) in [5, 5.41) is 13.5. The van der Waals surface area contributed by atoms with Gasteiger partial charge in [-0.2, -0.15) is 0 Å². The van der Waals surface area contributed by atoms with E-state index >= 15 is 0 Å². The van der Waals surface area contributed by atoms with E-state index in [1.165, 1.54) is 12.1 Å². The maximum atomic E-state index is 10.6. The third kappa shape index (κ3) is 5.02. The van der Waals surface area contributed by atoms with Crippen molar-refractivity contribution in [3.8, 4) is 0 Å². The number of benzene rings is 2. The van der Waals surface area contributed by atoms with E-state index in [1.807, 2.05) is 19.9 Å². The normalized spacial score (nSPS) is 10.4. The molecule has 0 radical (unpaired) electrons. The van der Waals surface area contributed by atoms with Gasteiger partial charge in [0.15, 0.2) is 0 Å². The van der Waals surface area contributed by atoms with E-state index in [1.54, 1.807) is 30.3 Å². The summed E-state index contributed by atoms with van der Waals surface area (Å²) >= 11 is 0. The van der Waals surface area contributed by atoms with Gasteiger partial charge in [-0.25, -0.2) is 18.4 Å². The van der Waals surface area contributed by atoms with Crippen LogP contribution in [0.3, 0.4) is 0 Å². The Kier molecular flexibility index (Phi) is 5.63. The van der Waals surface area contributed by atoms with Crippen LogP contribution in [0.2, 0.25) is 0 Å². The second-order valence-electron chi connectivity index (χ2n) is 4.41. The van der Waals surface area contributed by atoms with E-state index in [4.69, 9.17) is 10.2 Å². The quantitative estimate of drug-likeness (QED) is 0.889. The highest BCUT2D eigenvalue weighted by atomic mass is 32.2. The monoisotopic (exact) mass is 307 g/mol. The number of primary sulfonamides is 1. The van der Waals surface area contributed by atoms with Crippen LogP contribution in [0.15, 0.2) is 53.4 Å². The molecule has 2 aromatic rings. The summed E-state index contributed by atoms with van der Waals surface area (Å²) in [5.74, 6) is -0.855. The van der Waals surface area contributed by atoms with Gasteiger partial charge in [0.05, 0.1) is 10.5 Å². The first-order valence-corrected chi connectivity index (χ1v) is 7.65. The number of hydrogen-bond donors (Lipinski definition) is 2. The van der Waals surface area contributed by atoms with Gasteiger partial charge in [-0.1, -0.05) is 30.3 Å². The lowest BCUT2D eigenvalue weighted by atomic mass is 10.0. The van der Waals surface area contributed by atoms with Gasteiger partial charge in [-0.15, -0.1) is 0 Å². The number of hydrogen-bond acceptors (Lipinski definition) is 3. The second kappa shape index (κ2) is 7.01. The largest absolute Gasteiger partial charge is 0.478 e. The first-order chi connectivity index (χ1) is 9.73. The Hall–Kier alpha value is -2.18. The van der Waals surface area contributed by atoms with Crippen molar-refractivity contribution in [2.24, 2.45) is 5.14 Å². The topological polar surface area (TPSA) is 97.5 Å². The number of carbonyl (C=O) groups is 1. The van der Waals surface area contributed by atoms with Crippen LogP contribution >= 0.6 is 0 Å². The molecule has 0 amide bonds. The molecule has 0 atom stereocenters. The lowest BCUT2D eigenvalue weighted by molar-refractivity contribution is 0.0696. The fourth-order valence-corrected chi connectivity index (χ4v) is 2.13. The summed E-state index contributed by atoms with van der Waals surface area (Å²) in [6.45, 7) is 3.72. The average Bonchev–Trinajstić information content (AvgIpc) is 2.42. The summed E-state index contributed by atoms with van der Waals surface area (Å²) in [4.78, 5) is 10.7. The third-order valence-corrected chi connectivity index (χ3v) is 3.84. The van der Waals surface area contributed by atoms with Crippen LogP contribution in [0.25, 0.3) is 0 Å². The summed E-state index contributed by atoms with van der Waals surface area (Å²) in [5.41, 5.74) is 2.26. The fourth-order valence-electron chi connectivity index (χ4n) is 1.59. The smallest absolute Gasteiger partial charge is 0.335 e. The average molecular weight is 307 g/mol. The summed E-state index contributed by atoms with van der Waals surface area (Å²) in [7, 11) is -3.50. The van der Waals surface area contributed by atoms with Crippen molar-refractivity contribution in [2.45, 2.75) is 18.7 Å². The fraction of sp³-hybridized carbons (Fsp3) is 0.133. The Morgan fingerprint density at radius 2 is 1.57 bits per heavy atom. The molecule has 0 bridgehead atoms. The number of rotatable bonds is 2. The molecule has 0 heterocycles. The molecule has 0 aromatic heterocycles. The van der Waals surface area contributed by atoms with Gasteiger partial charge in [-0.3, -0.25) is 0 Å². The van der Waals surface area contributed by atoms with E-state index in [0.717, 1.165) is 11.1 Å².